The number of rotatable bonds is 8. The molecule has 1 heterocycles. The van der Waals surface area contributed by atoms with Crippen LogP contribution in [0.1, 0.15) is 43.4 Å². The van der Waals surface area contributed by atoms with Gasteiger partial charge in [-0.2, -0.15) is 0 Å². The first kappa shape index (κ1) is 16.5. The van der Waals surface area contributed by atoms with E-state index in [-0.39, 0.29) is 19.8 Å². The molecular formula is C12H19F2N3O3. The van der Waals surface area contributed by atoms with Gasteiger partial charge in [0.05, 0.1) is 19.8 Å². The number of nitrogens with zero attached hydrogens (tertiary/aromatic N) is 3. The monoisotopic (exact) mass is 291 g/mol. The average Bonchev–Trinajstić information content (AvgIpc) is 2.78. The van der Waals surface area contributed by atoms with Gasteiger partial charge in [-0.1, -0.05) is 19.1 Å². The Morgan fingerprint density at radius 3 is 2.65 bits per heavy atom. The highest BCUT2D eigenvalue weighted by molar-refractivity contribution is 5.88. The van der Waals surface area contributed by atoms with Gasteiger partial charge in [-0.3, -0.25) is 0 Å². The Labute approximate surface area is 116 Å². The number of ether oxygens (including phenoxy) is 2. The predicted octanol–water partition coefficient (Wildman–Crippen LogP) is 2.06. The SMILES string of the molecule is CCOC(=O)c1nnn(CCOCC(C)C)c1C(F)F. The molecule has 0 N–H and O–H groups in total. The summed E-state index contributed by atoms with van der Waals surface area (Å²) in [6.45, 7) is 6.51. The van der Waals surface area contributed by atoms with Crippen molar-refractivity contribution < 1.29 is 23.0 Å². The van der Waals surface area contributed by atoms with Crippen LogP contribution in [0.4, 0.5) is 8.78 Å². The van der Waals surface area contributed by atoms with E-state index in [1.165, 1.54) is 0 Å². The van der Waals surface area contributed by atoms with Gasteiger partial charge < -0.3 is 9.47 Å². The summed E-state index contributed by atoms with van der Waals surface area (Å²) in [4.78, 5) is 11.5. The topological polar surface area (TPSA) is 66.2 Å². The lowest BCUT2D eigenvalue weighted by Gasteiger charge is -2.09. The molecular weight excluding hydrogens is 272 g/mol. The molecule has 0 atom stereocenters. The Bertz CT molecular complexity index is 436. The molecule has 0 radical (unpaired) electrons. The second kappa shape index (κ2) is 7.88. The highest BCUT2D eigenvalue weighted by Gasteiger charge is 2.27. The van der Waals surface area contributed by atoms with E-state index in [4.69, 9.17) is 4.74 Å². The second-order valence-corrected chi connectivity index (χ2v) is 4.54. The van der Waals surface area contributed by atoms with Crippen LogP contribution in [0.3, 0.4) is 0 Å². The summed E-state index contributed by atoms with van der Waals surface area (Å²) in [6, 6.07) is 0. The summed E-state index contributed by atoms with van der Waals surface area (Å²) >= 11 is 0. The minimum absolute atomic E-state index is 0.0892. The van der Waals surface area contributed by atoms with Crippen molar-refractivity contribution in [1.82, 2.24) is 15.0 Å². The molecule has 1 aromatic heterocycles. The van der Waals surface area contributed by atoms with Crippen molar-refractivity contribution in [2.24, 2.45) is 5.92 Å². The number of carbonyl (C=O) groups excluding carboxylic acids is 1. The molecule has 1 aromatic rings. The van der Waals surface area contributed by atoms with E-state index >= 15 is 0 Å². The highest BCUT2D eigenvalue weighted by atomic mass is 19.3. The standard InChI is InChI=1S/C12H19F2N3O3/c1-4-20-12(18)9-10(11(13)14)17(16-15-9)5-6-19-7-8(2)3/h8,11H,4-7H2,1-3H3. The maximum absolute atomic E-state index is 13.0. The smallest absolute Gasteiger partial charge is 0.361 e. The molecule has 0 aliphatic rings. The van der Waals surface area contributed by atoms with Gasteiger partial charge in [0.25, 0.3) is 6.43 Å². The maximum Gasteiger partial charge on any atom is 0.361 e. The normalized spacial score (nSPS) is 11.3. The molecule has 6 nitrogen and oxygen atoms in total. The zero-order valence-electron chi connectivity index (χ0n) is 11.8. The fourth-order valence-electron chi connectivity index (χ4n) is 1.52. The van der Waals surface area contributed by atoms with Crippen LogP contribution in [0.5, 0.6) is 0 Å². The van der Waals surface area contributed by atoms with Crippen molar-refractivity contribution in [2.45, 2.75) is 33.7 Å². The number of hydrogen-bond acceptors (Lipinski definition) is 5. The Morgan fingerprint density at radius 1 is 1.40 bits per heavy atom. The summed E-state index contributed by atoms with van der Waals surface area (Å²) in [5.41, 5.74) is -0.970. The summed E-state index contributed by atoms with van der Waals surface area (Å²) in [6.07, 6.45) is -2.85. The van der Waals surface area contributed by atoms with Gasteiger partial charge in [-0.15, -0.1) is 5.10 Å². The first-order chi connectivity index (χ1) is 9.47. The fourth-order valence-corrected chi connectivity index (χ4v) is 1.52. The van der Waals surface area contributed by atoms with Crippen molar-refractivity contribution >= 4 is 5.97 Å². The van der Waals surface area contributed by atoms with Crippen molar-refractivity contribution in [3.8, 4) is 0 Å². The van der Waals surface area contributed by atoms with E-state index in [2.05, 4.69) is 15.0 Å². The van der Waals surface area contributed by atoms with Crippen molar-refractivity contribution in [3.05, 3.63) is 11.4 Å². The van der Waals surface area contributed by atoms with Crippen LogP contribution in [-0.4, -0.2) is 40.8 Å². The number of hydrogen-bond donors (Lipinski definition) is 0. The summed E-state index contributed by atoms with van der Waals surface area (Å²) in [7, 11) is 0. The van der Waals surface area contributed by atoms with Crippen molar-refractivity contribution in [1.29, 1.82) is 0 Å². The molecule has 1 rings (SSSR count). The average molecular weight is 291 g/mol. The molecule has 114 valence electrons. The van der Waals surface area contributed by atoms with Gasteiger partial charge >= 0.3 is 5.97 Å². The lowest BCUT2D eigenvalue weighted by molar-refractivity contribution is 0.0505. The zero-order chi connectivity index (χ0) is 15.1. The number of carbonyl (C=O) groups is 1. The first-order valence-electron chi connectivity index (χ1n) is 6.43. The molecule has 0 aliphatic carbocycles. The Morgan fingerprint density at radius 2 is 2.10 bits per heavy atom. The number of alkyl halides is 2. The van der Waals surface area contributed by atoms with Crippen LogP contribution < -0.4 is 0 Å². The molecule has 8 heteroatoms. The third-order valence-electron chi connectivity index (χ3n) is 2.35. The van der Waals surface area contributed by atoms with Gasteiger partial charge in [-0.05, 0) is 12.8 Å². The summed E-state index contributed by atoms with van der Waals surface area (Å²) < 4.78 is 37.0. The van der Waals surface area contributed by atoms with Gasteiger partial charge in [0.2, 0.25) is 0 Å². The lowest BCUT2D eigenvalue weighted by atomic mass is 10.2. The van der Waals surface area contributed by atoms with Crippen LogP contribution in [0.15, 0.2) is 0 Å². The highest BCUT2D eigenvalue weighted by Crippen LogP contribution is 2.22. The van der Waals surface area contributed by atoms with E-state index in [0.29, 0.717) is 12.5 Å². The van der Waals surface area contributed by atoms with E-state index in [1.807, 2.05) is 13.8 Å². The summed E-state index contributed by atoms with van der Waals surface area (Å²) in [5.74, 6) is -0.535. The van der Waals surface area contributed by atoms with Gasteiger partial charge in [0, 0.05) is 6.61 Å². The molecule has 0 bridgehead atoms. The van der Waals surface area contributed by atoms with Crippen LogP contribution in [0.2, 0.25) is 0 Å². The lowest BCUT2D eigenvalue weighted by Crippen LogP contribution is -2.15. The molecule has 0 unspecified atom stereocenters. The van der Waals surface area contributed by atoms with Crippen molar-refractivity contribution in [2.75, 3.05) is 19.8 Å². The minimum Gasteiger partial charge on any atom is -0.461 e. The number of esters is 1. The number of halogens is 2. The zero-order valence-corrected chi connectivity index (χ0v) is 11.8. The molecule has 20 heavy (non-hydrogen) atoms. The van der Waals surface area contributed by atoms with Gasteiger partial charge in [0.1, 0.15) is 5.69 Å². The molecule has 0 fully saturated rings. The maximum atomic E-state index is 13.0. The molecule has 0 spiro atoms. The van der Waals surface area contributed by atoms with Crippen LogP contribution in [0, 0.1) is 5.92 Å². The number of aromatic nitrogens is 3. The molecule has 0 aliphatic heterocycles. The molecule has 0 amide bonds. The van der Waals surface area contributed by atoms with E-state index in [9.17, 15) is 13.6 Å². The van der Waals surface area contributed by atoms with E-state index in [0.717, 1.165) is 4.68 Å². The second-order valence-electron chi connectivity index (χ2n) is 4.54. The molecule has 0 saturated heterocycles. The third-order valence-corrected chi connectivity index (χ3v) is 2.35. The molecule has 0 aromatic carbocycles. The third kappa shape index (κ3) is 4.52. The Balaban J connectivity index is 2.74. The van der Waals surface area contributed by atoms with Crippen LogP contribution in [0.25, 0.3) is 0 Å². The van der Waals surface area contributed by atoms with Crippen molar-refractivity contribution in [3.63, 3.8) is 0 Å². The van der Waals surface area contributed by atoms with Crippen LogP contribution in [-0.2, 0) is 16.0 Å². The van der Waals surface area contributed by atoms with Crippen LogP contribution >= 0.6 is 0 Å². The van der Waals surface area contributed by atoms with E-state index < -0.39 is 23.8 Å². The van der Waals surface area contributed by atoms with Gasteiger partial charge in [0.15, 0.2) is 5.69 Å². The van der Waals surface area contributed by atoms with E-state index in [1.54, 1.807) is 6.92 Å². The Kier molecular flexibility index (Phi) is 6.50. The summed E-state index contributed by atoms with van der Waals surface area (Å²) in [5, 5.41) is 7.04. The minimum atomic E-state index is -2.85. The largest absolute Gasteiger partial charge is 0.461 e. The quantitative estimate of drug-likeness (QED) is 0.542. The van der Waals surface area contributed by atoms with Gasteiger partial charge in [-0.25, -0.2) is 18.3 Å². The molecule has 0 saturated carbocycles. The predicted molar refractivity (Wildman–Crippen MR) is 66.6 cm³/mol. The fraction of sp³-hybridized carbons (Fsp3) is 0.750. The Hall–Kier alpha value is -1.57. The first-order valence-corrected chi connectivity index (χ1v) is 6.43.